The zero-order chi connectivity index (χ0) is 17.4. The number of hydrogen-bond acceptors (Lipinski definition) is 3. The Kier molecular flexibility index (Phi) is 3.89. The fourth-order valence-electron chi connectivity index (χ4n) is 2.82. The summed E-state index contributed by atoms with van der Waals surface area (Å²) >= 11 is 5.73. The number of carbonyl (C=O) groups is 1. The average Bonchev–Trinajstić information content (AvgIpc) is 3.01. The standard InChI is InChI=1S/C18H13ClFN3O2/c19-14-7-12(5-6-15(14)20)22-17(24)9-23-18-11(8-21-23)10-25-16-4-2-1-3-13(16)18/h1-8H,9-10H2,(H,22,24). The number of rotatable bonds is 3. The predicted octanol–water partition coefficient (Wildman–Crippen LogP) is 3.87. The predicted molar refractivity (Wildman–Crippen MR) is 92.0 cm³/mol. The van der Waals surface area contributed by atoms with Gasteiger partial charge in [0.05, 0.1) is 16.9 Å². The van der Waals surface area contributed by atoms with Gasteiger partial charge in [-0.1, -0.05) is 23.7 Å². The molecule has 0 spiro atoms. The van der Waals surface area contributed by atoms with Crippen LogP contribution >= 0.6 is 11.6 Å². The van der Waals surface area contributed by atoms with Gasteiger partial charge in [-0.2, -0.15) is 5.10 Å². The maximum absolute atomic E-state index is 13.2. The third-order valence-corrected chi connectivity index (χ3v) is 4.23. The van der Waals surface area contributed by atoms with E-state index in [0.29, 0.717) is 12.3 Å². The van der Waals surface area contributed by atoms with Crippen LogP contribution in [-0.2, 0) is 17.9 Å². The van der Waals surface area contributed by atoms with Gasteiger partial charge in [-0.3, -0.25) is 9.48 Å². The molecule has 0 aliphatic carbocycles. The summed E-state index contributed by atoms with van der Waals surface area (Å²) in [6.45, 7) is 0.445. The van der Waals surface area contributed by atoms with Gasteiger partial charge in [0.1, 0.15) is 24.7 Å². The van der Waals surface area contributed by atoms with Crippen molar-refractivity contribution in [2.45, 2.75) is 13.2 Å². The number of fused-ring (bicyclic) bond motifs is 3. The zero-order valence-corrected chi connectivity index (χ0v) is 13.8. The molecule has 0 fully saturated rings. The lowest BCUT2D eigenvalue weighted by Gasteiger charge is -2.19. The normalized spacial score (nSPS) is 12.1. The summed E-state index contributed by atoms with van der Waals surface area (Å²) in [6, 6.07) is 11.7. The van der Waals surface area contributed by atoms with Crippen LogP contribution in [0.1, 0.15) is 5.56 Å². The van der Waals surface area contributed by atoms with E-state index in [0.717, 1.165) is 22.6 Å². The molecule has 0 radical (unpaired) electrons. The van der Waals surface area contributed by atoms with Gasteiger partial charge in [0, 0.05) is 16.8 Å². The Labute approximate surface area is 148 Å². The number of aromatic nitrogens is 2. The maximum Gasteiger partial charge on any atom is 0.246 e. The van der Waals surface area contributed by atoms with Crippen molar-refractivity contribution in [2.75, 3.05) is 5.32 Å². The monoisotopic (exact) mass is 357 g/mol. The van der Waals surface area contributed by atoms with Gasteiger partial charge in [-0.05, 0) is 30.3 Å². The van der Waals surface area contributed by atoms with E-state index in [9.17, 15) is 9.18 Å². The smallest absolute Gasteiger partial charge is 0.246 e. The molecule has 1 amide bonds. The van der Waals surface area contributed by atoms with Crippen molar-refractivity contribution in [3.05, 3.63) is 65.1 Å². The van der Waals surface area contributed by atoms with Crippen LogP contribution in [0.5, 0.6) is 5.75 Å². The molecule has 126 valence electrons. The molecular weight excluding hydrogens is 345 g/mol. The van der Waals surface area contributed by atoms with E-state index in [1.54, 1.807) is 10.9 Å². The number of carbonyl (C=O) groups excluding carboxylic acids is 1. The largest absolute Gasteiger partial charge is 0.488 e. The molecule has 1 aliphatic heterocycles. The van der Waals surface area contributed by atoms with Crippen LogP contribution in [0.4, 0.5) is 10.1 Å². The molecule has 5 nitrogen and oxygen atoms in total. The Morgan fingerprint density at radius 3 is 3.00 bits per heavy atom. The van der Waals surface area contributed by atoms with Crippen molar-refractivity contribution >= 4 is 23.2 Å². The minimum absolute atomic E-state index is 0.0265. The molecule has 3 aromatic rings. The fourth-order valence-corrected chi connectivity index (χ4v) is 3.00. The molecule has 2 heterocycles. The molecule has 0 saturated heterocycles. The van der Waals surface area contributed by atoms with E-state index >= 15 is 0 Å². The first-order valence-electron chi connectivity index (χ1n) is 7.63. The number of nitrogens with zero attached hydrogens (tertiary/aromatic N) is 2. The quantitative estimate of drug-likeness (QED) is 0.774. The second-order valence-electron chi connectivity index (χ2n) is 5.64. The number of para-hydroxylation sites is 1. The van der Waals surface area contributed by atoms with Crippen LogP contribution in [0.15, 0.2) is 48.7 Å². The Hall–Kier alpha value is -2.86. The highest BCUT2D eigenvalue weighted by molar-refractivity contribution is 6.31. The molecule has 2 aromatic carbocycles. The molecule has 4 rings (SSSR count). The van der Waals surface area contributed by atoms with Gasteiger partial charge in [-0.25, -0.2) is 4.39 Å². The molecule has 7 heteroatoms. The van der Waals surface area contributed by atoms with E-state index in [-0.39, 0.29) is 17.5 Å². The highest BCUT2D eigenvalue weighted by Crippen LogP contribution is 2.37. The van der Waals surface area contributed by atoms with Gasteiger partial charge in [0.15, 0.2) is 0 Å². The van der Waals surface area contributed by atoms with E-state index in [4.69, 9.17) is 16.3 Å². The minimum Gasteiger partial charge on any atom is -0.488 e. The summed E-state index contributed by atoms with van der Waals surface area (Å²) in [5.41, 5.74) is 3.13. The van der Waals surface area contributed by atoms with E-state index in [2.05, 4.69) is 10.4 Å². The van der Waals surface area contributed by atoms with E-state index < -0.39 is 5.82 Å². The van der Waals surface area contributed by atoms with Crippen LogP contribution in [0.25, 0.3) is 11.3 Å². The van der Waals surface area contributed by atoms with Gasteiger partial charge in [0.2, 0.25) is 5.91 Å². The average molecular weight is 358 g/mol. The fraction of sp³-hybridized carbons (Fsp3) is 0.111. The molecule has 25 heavy (non-hydrogen) atoms. The second-order valence-corrected chi connectivity index (χ2v) is 6.05. The van der Waals surface area contributed by atoms with E-state index in [1.807, 2.05) is 24.3 Å². The third kappa shape index (κ3) is 2.96. The summed E-state index contributed by atoms with van der Waals surface area (Å²) < 4.78 is 20.5. The summed E-state index contributed by atoms with van der Waals surface area (Å²) in [6.07, 6.45) is 1.70. The topological polar surface area (TPSA) is 56.2 Å². The number of ether oxygens (including phenoxy) is 1. The van der Waals surface area contributed by atoms with Crippen LogP contribution < -0.4 is 10.1 Å². The number of nitrogens with one attached hydrogen (secondary N) is 1. The van der Waals surface area contributed by atoms with Crippen molar-refractivity contribution in [1.29, 1.82) is 0 Å². The molecule has 1 aliphatic rings. The summed E-state index contributed by atoms with van der Waals surface area (Å²) in [5.74, 6) is -0.0440. The van der Waals surface area contributed by atoms with Crippen molar-refractivity contribution in [3.8, 4) is 17.0 Å². The van der Waals surface area contributed by atoms with Crippen molar-refractivity contribution in [3.63, 3.8) is 0 Å². The Balaban J connectivity index is 1.57. The van der Waals surface area contributed by atoms with Gasteiger partial charge < -0.3 is 10.1 Å². The van der Waals surface area contributed by atoms with Crippen LogP contribution in [0, 0.1) is 5.82 Å². The number of amides is 1. The van der Waals surface area contributed by atoms with Crippen molar-refractivity contribution in [1.82, 2.24) is 9.78 Å². The van der Waals surface area contributed by atoms with Crippen molar-refractivity contribution in [2.24, 2.45) is 0 Å². The second kappa shape index (κ2) is 6.22. The molecular formula is C18H13ClFN3O2. The minimum atomic E-state index is -0.530. The van der Waals surface area contributed by atoms with Crippen molar-refractivity contribution < 1.29 is 13.9 Å². The third-order valence-electron chi connectivity index (χ3n) is 3.94. The van der Waals surface area contributed by atoms with Crippen LogP contribution in [0.2, 0.25) is 5.02 Å². The summed E-state index contributed by atoms with van der Waals surface area (Å²) in [7, 11) is 0. The van der Waals surface area contributed by atoms with Crippen LogP contribution in [-0.4, -0.2) is 15.7 Å². The lowest BCUT2D eigenvalue weighted by Crippen LogP contribution is -2.21. The van der Waals surface area contributed by atoms with E-state index in [1.165, 1.54) is 18.2 Å². The lowest BCUT2D eigenvalue weighted by atomic mass is 10.0. The van der Waals surface area contributed by atoms with Gasteiger partial charge >= 0.3 is 0 Å². The first-order chi connectivity index (χ1) is 12.1. The number of benzene rings is 2. The lowest BCUT2D eigenvalue weighted by molar-refractivity contribution is -0.116. The van der Waals surface area contributed by atoms with Gasteiger partial charge in [-0.15, -0.1) is 0 Å². The number of anilines is 1. The Morgan fingerprint density at radius 2 is 2.16 bits per heavy atom. The maximum atomic E-state index is 13.2. The Morgan fingerprint density at radius 1 is 1.32 bits per heavy atom. The zero-order valence-electron chi connectivity index (χ0n) is 13.0. The SMILES string of the molecule is O=C(Cn1ncc2c1-c1ccccc1OC2)Nc1ccc(F)c(Cl)c1. The molecule has 0 bridgehead atoms. The first kappa shape index (κ1) is 15.7. The number of hydrogen-bond donors (Lipinski definition) is 1. The molecule has 0 atom stereocenters. The first-order valence-corrected chi connectivity index (χ1v) is 8.01. The van der Waals surface area contributed by atoms with Gasteiger partial charge in [0.25, 0.3) is 0 Å². The summed E-state index contributed by atoms with van der Waals surface area (Å²) in [4.78, 5) is 12.3. The Bertz CT molecular complexity index is 971. The summed E-state index contributed by atoms with van der Waals surface area (Å²) in [5, 5.41) is 6.96. The molecule has 0 saturated carbocycles. The number of halogens is 2. The van der Waals surface area contributed by atoms with Crippen LogP contribution in [0.3, 0.4) is 0 Å². The highest BCUT2D eigenvalue weighted by atomic mass is 35.5. The molecule has 1 N–H and O–H groups in total. The highest BCUT2D eigenvalue weighted by Gasteiger charge is 2.22. The molecule has 0 unspecified atom stereocenters. The molecule has 1 aromatic heterocycles.